The highest BCUT2D eigenvalue weighted by molar-refractivity contribution is 7.81. The van der Waals surface area contributed by atoms with Crippen molar-refractivity contribution in [1.82, 2.24) is 9.80 Å². The first-order valence-corrected chi connectivity index (χ1v) is 22.5. The lowest BCUT2D eigenvalue weighted by atomic mass is 9.97. The molecule has 9 heteroatoms. The predicted octanol–water partition coefficient (Wildman–Crippen LogP) is 9.14. The lowest BCUT2D eigenvalue weighted by Gasteiger charge is -2.33. The lowest BCUT2D eigenvalue weighted by molar-refractivity contribution is -0.0134. The van der Waals surface area contributed by atoms with E-state index < -0.39 is 22.6 Å². The third-order valence-electron chi connectivity index (χ3n) is 11.0. The van der Waals surface area contributed by atoms with Crippen molar-refractivity contribution in [2.45, 2.75) is 143 Å². The Morgan fingerprint density at radius 2 is 0.962 bits per heavy atom. The molecular formula is C44H72N2O6S. The van der Waals surface area contributed by atoms with Gasteiger partial charge in [0.05, 0.1) is 13.2 Å². The van der Waals surface area contributed by atoms with Crippen LogP contribution in [0.15, 0.2) is 48.5 Å². The summed E-state index contributed by atoms with van der Waals surface area (Å²) >= 11 is 0. The van der Waals surface area contributed by atoms with Crippen molar-refractivity contribution in [2.75, 3.05) is 52.6 Å². The molecule has 4 atom stereocenters. The molecule has 0 aliphatic carbocycles. The van der Waals surface area contributed by atoms with E-state index in [1.165, 1.54) is 60.8 Å². The molecule has 0 bridgehead atoms. The molecule has 2 aromatic rings. The van der Waals surface area contributed by atoms with Crippen LogP contribution < -0.4 is 0 Å². The smallest absolute Gasteiger partial charge is 0.378 e. The van der Waals surface area contributed by atoms with Gasteiger partial charge in [0, 0.05) is 52.5 Å². The molecule has 0 spiro atoms. The molecule has 53 heavy (non-hydrogen) atoms. The Balaban J connectivity index is 1.44. The maximum absolute atomic E-state index is 13.9. The number of ether oxygens (including phenoxy) is 2. The Morgan fingerprint density at radius 3 is 1.36 bits per heavy atom. The highest BCUT2D eigenvalue weighted by atomic mass is 32.3. The minimum Gasteiger partial charge on any atom is -0.378 e. The second-order valence-corrected chi connectivity index (χ2v) is 16.9. The summed E-state index contributed by atoms with van der Waals surface area (Å²) in [6, 6.07) is 17.0. The van der Waals surface area contributed by atoms with Crippen LogP contribution in [-0.4, -0.2) is 83.0 Å². The van der Waals surface area contributed by atoms with Crippen molar-refractivity contribution < 1.29 is 26.3 Å². The summed E-state index contributed by atoms with van der Waals surface area (Å²) in [5.41, 5.74) is 5.29. The van der Waals surface area contributed by atoms with Gasteiger partial charge in [0.15, 0.2) is 0 Å². The second-order valence-electron chi connectivity index (χ2n) is 15.7. The fraction of sp³-hybridized carbons (Fsp3) is 0.727. The van der Waals surface area contributed by atoms with Gasteiger partial charge in [0.25, 0.3) is 0 Å². The predicted molar refractivity (Wildman–Crippen MR) is 216 cm³/mol. The number of fused-ring (bicyclic) bond motifs is 2. The molecule has 4 rings (SSSR count). The molecule has 0 saturated heterocycles. The molecule has 2 heterocycles. The molecule has 0 radical (unpaired) electrons. The molecular weight excluding hydrogens is 685 g/mol. The Bertz CT molecular complexity index is 1290. The van der Waals surface area contributed by atoms with E-state index >= 15 is 0 Å². The Kier molecular flexibility index (Phi) is 20.4. The summed E-state index contributed by atoms with van der Waals surface area (Å²) in [6.45, 7) is 14.6. The van der Waals surface area contributed by atoms with Gasteiger partial charge < -0.3 is 9.47 Å². The van der Waals surface area contributed by atoms with Crippen LogP contribution in [0.1, 0.15) is 127 Å². The third kappa shape index (κ3) is 16.4. The van der Waals surface area contributed by atoms with Crippen LogP contribution in [0.4, 0.5) is 0 Å². The summed E-state index contributed by atoms with van der Waals surface area (Å²) in [6.07, 6.45) is 14.5. The van der Waals surface area contributed by atoms with Crippen LogP contribution in [0, 0.1) is 11.8 Å². The Hall–Kier alpha value is -1.85. The normalized spacial score (nSPS) is 17.6. The van der Waals surface area contributed by atoms with E-state index in [0.29, 0.717) is 38.1 Å². The maximum Gasteiger partial charge on any atom is 0.400 e. The SMILES string of the molecule is CCCCCC(CCC)COCC(CN1CCc2ccccc2C1)OS(=O)(=O)OC(COCC(CCC)CCCCC)CN1CCc2ccccc2C1. The average Bonchev–Trinajstić information content (AvgIpc) is 3.14. The highest BCUT2D eigenvalue weighted by Gasteiger charge is 2.30. The van der Waals surface area contributed by atoms with Gasteiger partial charge in [-0.15, -0.1) is 0 Å². The number of nitrogens with zero attached hydrogens (tertiary/aromatic N) is 2. The minimum atomic E-state index is -4.37. The third-order valence-corrected chi connectivity index (χ3v) is 12.0. The van der Waals surface area contributed by atoms with Crippen molar-refractivity contribution in [3.05, 3.63) is 70.8 Å². The molecule has 0 fully saturated rings. The molecule has 0 aromatic heterocycles. The van der Waals surface area contributed by atoms with Crippen LogP contribution in [0.5, 0.6) is 0 Å². The minimum absolute atomic E-state index is 0.204. The van der Waals surface area contributed by atoms with Crippen LogP contribution in [0.3, 0.4) is 0 Å². The monoisotopic (exact) mass is 757 g/mol. The fourth-order valence-corrected chi connectivity index (χ4v) is 9.06. The zero-order valence-electron chi connectivity index (χ0n) is 33.7. The summed E-state index contributed by atoms with van der Waals surface area (Å²) in [7, 11) is -4.37. The summed E-state index contributed by atoms with van der Waals surface area (Å²) in [5, 5.41) is 0. The number of rotatable bonds is 28. The van der Waals surface area contributed by atoms with E-state index in [4.69, 9.17) is 17.8 Å². The number of benzene rings is 2. The zero-order chi connectivity index (χ0) is 37.7. The van der Waals surface area contributed by atoms with Gasteiger partial charge in [-0.1, -0.05) is 128 Å². The average molecular weight is 757 g/mol. The Labute approximate surface area is 323 Å². The Morgan fingerprint density at radius 1 is 0.547 bits per heavy atom. The molecule has 0 saturated carbocycles. The van der Waals surface area contributed by atoms with Gasteiger partial charge in [-0.2, -0.15) is 8.42 Å². The first-order chi connectivity index (χ1) is 25.8. The van der Waals surface area contributed by atoms with Gasteiger partial charge >= 0.3 is 10.4 Å². The van der Waals surface area contributed by atoms with E-state index in [0.717, 1.165) is 77.5 Å². The van der Waals surface area contributed by atoms with Crippen molar-refractivity contribution in [2.24, 2.45) is 11.8 Å². The largest absolute Gasteiger partial charge is 0.400 e. The summed E-state index contributed by atoms with van der Waals surface area (Å²) in [5.74, 6) is 0.938. The van der Waals surface area contributed by atoms with Crippen LogP contribution in [-0.2, 0) is 54.2 Å². The van der Waals surface area contributed by atoms with Gasteiger partial charge in [-0.05, 0) is 72.6 Å². The van der Waals surface area contributed by atoms with E-state index in [1.807, 2.05) is 0 Å². The molecule has 2 aromatic carbocycles. The van der Waals surface area contributed by atoms with Gasteiger partial charge in [0.2, 0.25) is 0 Å². The van der Waals surface area contributed by atoms with Crippen LogP contribution in [0.25, 0.3) is 0 Å². The summed E-state index contributed by atoms with van der Waals surface area (Å²) < 4.78 is 52.4. The number of unbranched alkanes of at least 4 members (excludes halogenated alkanes) is 4. The first kappa shape index (κ1) is 43.9. The van der Waals surface area contributed by atoms with E-state index in [-0.39, 0.29) is 13.2 Å². The molecule has 2 aliphatic rings. The topological polar surface area (TPSA) is 77.5 Å². The van der Waals surface area contributed by atoms with Crippen molar-refractivity contribution >= 4 is 10.4 Å². The van der Waals surface area contributed by atoms with E-state index in [1.54, 1.807) is 0 Å². The zero-order valence-corrected chi connectivity index (χ0v) is 34.5. The van der Waals surface area contributed by atoms with Gasteiger partial charge in [-0.3, -0.25) is 9.80 Å². The second kappa shape index (κ2) is 24.6. The molecule has 8 nitrogen and oxygen atoms in total. The molecule has 300 valence electrons. The summed E-state index contributed by atoms with van der Waals surface area (Å²) in [4.78, 5) is 4.57. The van der Waals surface area contributed by atoms with Crippen LogP contribution >= 0.6 is 0 Å². The number of hydrogen-bond acceptors (Lipinski definition) is 8. The van der Waals surface area contributed by atoms with Crippen molar-refractivity contribution in [3.8, 4) is 0 Å². The quantitative estimate of drug-likeness (QED) is 0.0797. The van der Waals surface area contributed by atoms with E-state index in [9.17, 15) is 8.42 Å². The highest BCUT2D eigenvalue weighted by Crippen LogP contribution is 2.23. The van der Waals surface area contributed by atoms with Crippen LogP contribution in [0.2, 0.25) is 0 Å². The molecule has 2 aliphatic heterocycles. The first-order valence-electron chi connectivity index (χ1n) is 21.2. The molecule has 4 unspecified atom stereocenters. The lowest BCUT2D eigenvalue weighted by Crippen LogP contribution is -2.43. The van der Waals surface area contributed by atoms with Crippen molar-refractivity contribution in [1.29, 1.82) is 0 Å². The molecule has 0 amide bonds. The van der Waals surface area contributed by atoms with E-state index in [2.05, 4.69) is 86.0 Å². The van der Waals surface area contributed by atoms with Gasteiger partial charge in [-0.25, -0.2) is 8.37 Å². The molecule has 0 N–H and O–H groups in total. The standard InChI is InChI=1S/C44H72N2O6S/c1-5-9-11-19-37(17-7-3)33-49-35-43(31-45-27-25-39-21-13-15-23-41(39)29-45)51-53(47,48)52-44(36-50-34-38(18-8-4)20-12-10-6-2)32-46-28-26-40-22-14-16-24-42(40)30-46/h13-16,21-24,37-38,43-44H,5-12,17-20,25-36H2,1-4H3. The van der Waals surface area contributed by atoms with Crippen molar-refractivity contribution in [3.63, 3.8) is 0 Å². The van der Waals surface area contributed by atoms with Gasteiger partial charge in [0.1, 0.15) is 12.2 Å². The fourth-order valence-electron chi connectivity index (χ4n) is 8.11. The maximum atomic E-state index is 13.9. The number of hydrogen-bond donors (Lipinski definition) is 0.